The molecule has 0 aliphatic carbocycles. The first-order chi connectivity index (χ1) is 8.31. The summed E-state index contributed by atoms with van der Waals surface area (Å²) in [7, 11) is 0. The predicted octanol–water partition coefficient (Wildman–Crippen LogP) is 0.132. The first-order valence-electron chi connectivity index (χ1n) is 6.53. The van der Waals surface area contributed by atoms with Crippen LogP contribution in [-0.4, -0.2) is 55.9 Å². The number of carbonyl (C=O) groups is 1. The number of morpholine rings is 1. The SMILES string of the molecule is NCCCC1OCCN(CC2CCCO2)C1=O. The molecule has 17 heavy (non-hydrogen) atoms. The molecule has 2 unspecified atom stereocenters. The van der Waals surface area contributed by atoms with Crippen molar-refractivity contribution in [2.45, 2.75) is 37.9 Å². The molecule has 2 atom stereocenters. The average molecular weight is 242 g/mol. The normalized spacial score (nSPS) is 29.9. The Hall–Kier alpha value is -0.650. The van der Waals surface area contributed by atoms with Gasteiger partial charge in [0, 0.05) is 19.7 Å². The van der Waals surface area contributed by atoms with Gasteiger partial charge in [-0.2, -0.15) is 0 Å². The van der Waals surface area contributed by atoms with Crippen molar-refractivity contribution in [3.63, 3.8) is 0 Å². The summed E-state index contributed by atoms with van der Waals surface area (Å²) in [4.78, 5) is 14.0. The van der Waals surface area contributed by atoms with E-state index in [2.05, 4.69) is 0 Å². The van der Waals surface area contributed by atoms with Gasteiger partial charge in [0.15, 0.2) is 0 Å². The van der Waals surface area contributed by atoms with E-state index in [0.29, 0.717) is 19.7 Å². The maximum Gasteiger partial charge on any atom is 0.251 e. The zero-order chi connectivity index (χ0) is 12.1. The lowest BCUT2D eigenvalue weighted by Gasteiger charge is -2.33. The third kappa shape index (κ3) is 3.40. The Morgan fingerprint density at radius 3 is 2.94 bits per heavy atom. The summed E-state index contributed by atoms with van der Waals surface area (Å²) in [5.41, 5.74) is 5.46. The summed E-state index contributed by atoms with van der Waals surface area (Å²) in [6.07, 6.45) is 3.69. The molecule has 2 rings (SSSR count). The number of nitrogens with zero attached hydrogens (tertiary/aromatic N) is 1. The van der Waals surface area contributed by atoms with Gasteiger partial charge in [-0.25, -0.2) is 0 Å². The molecule has 0 saturated carbocycles. The Morgan fingerprint density at radius 2 is 2.24 bits per heavy atom. The van der Waals surface area contributed by atoms with Gasteiger partial charge in [-0.05, 0) is 32.2 Å². The molecule has 2 saturated heterocycles. The highest BCUT2D eigenvalue weighted by Crippen LogP contribution is 2.17. The van der Waals surface area contributed by atoms with Crippen molar-refractivity contribution in [1.82, 2.24) is 4.90 Å². The summed E-state index contributed by atoms with van der Waals surface area (Å²) < 4.78 is 11.1. The van der Waals surface area contributed by atoms with Crippen molar-refractivity contribution in [3.05, 3.63) is 0 Å². The molecule has 5 heteroatoms. The first kappa shape index (κ1) is 12.8. The number of nitrogens with two attached hydrogens (primary N) is 1. The smallest absolute Gasteiger partial charge is 0.251 e. The molecule has 2 aliphatic heterocycles. The summed E-state index contributed by atoms with van der Waals surface area (Å²) in [6.45, 7) is 3.49. The lowest BCUT2D eigenvalue weighted by atomic mass is 10.1. The predicted molar refractivity (Wildman–Crippen MR) is 63.6 cm³/mol. The van der Waals surface area contributed by atoms with Gasteiger partial charge in [-0.15, -0.1) is 0 Å². The van der Waals surface area contributed by atoms with E-state index in [0.717, 1.165) is 38.8 Å². The van der Waals surface area contributed by atoms with Crippen LogP contribution in [-0.2, 0) is 14.3 Å². The van der Waals surface area contributed by atoms with Gasteiger partial charge in [-0.1, -0.05) is 0 Å². The van der Waals surface area contributed by atoms with Crippen molar-refractivity contribution in [2.75, 3.05) is 32.8 Å². The van der Waals surface area contributed by atoms with E-state index in [1.807, 2.05) is 4.90 Å². The number of carbonyl (C=O) groups excluding carboxylic acids is 1. The highest BCUT2D eigenvalue weighted by atomic mass is 16.5. The number of hydrogen-bond donors (Lipinski definition) is 1. The van der Waals surface area contributed by atoms with Crippen LogP contribution in [0.25, 0.3) is 0 Å². The largest absolute Gasteiger partial charge is 0.376 e. The van der Waals surface area contributed by atoms with E-state index < -0.39 is 0 Å². The molecule has 0 bridgehead atoms. The second-order valence-electron chi connectivity index (χ2n) is 4.71. The fraction of sp³-hybridized carbons (Fsp3) is 0.917. The van der Waals surface area contributed by atoms with Crippen molar-refractivity contribution < 1.29 is 14.3 Å². The molecule has 1 amide bonds. The van der Waals surface area contributed by atoms with E-state index in [4.69, 9.17) is 15.2 Å². The van der Waals surface area contributed by atoms with E-state index in [9.17, 15) is 4.79 Å². The second-order valence-corrected chi connectivity index (χ2v) is 4.71. The Morgan fingerprint density at radius 1 is 1.35 bits per heavy atom. The zero-order valence-corrected chi connectivity index (χ0v) is 10.3. The minimum absolute atomic E-state index is 0.111. The maximum atomic E-state index is 12.1. The molecule has 0 spiro atoms. The van der Waals surface area contributed by atoms with Crippen LogP contribution in [0.3, 0.4) is 0 Å². The molecular formula is C12H22N2O3. The fourth-order valence-corrected chi connectivity index (χ4v) is 2.42. The lowest BCUT2D eigenvalue weighted by molar-refractivity contribution is -0.155. The van der Waals surface area contributed by atoms with Crippen LogP contribution in [0, 0.1) is 0 Å². The average Bonchev–Trinajstić information content (AvgIpc) is 2.83. The minimum atomic E-state index is -0.284. The molecule has 2 aliphatic rings. The van der Waals surface area contributed by atoms with Crippen molar-refractivity contribution >= 4 is 5.91 Å². The van der Waals surface area contributed by atoms with E-state index in [1.165, 1.54) is 0 Å². The third-order valence-electron chi connectivity index (χ3n) is 3.39. The molecule has 2 fully saturated rings. The summed E-state index contributed by atoms with van der Waals surface area (Å²) >= 11 is 0. The molecule has 0 radical (unpaired) electrons. The third-order valence-corrected chi connectivity index (χ3v) is 3.39. The van der Waals surface area contributed by atoms with Crippen LogP contribution in [0.2, 0.25) is 0 Å². The Labute approximate surface area is 102 Å². The molecule has 98 valence electrons. The van der Waals surface area contributed by atoms with Crippen LogP contribution < -0.4 is 5.73 Å². The molecule has 2 N–H and O–H groups in total. The standard InChI is InChI=1S/C12H22N2O3/c13-5-1-4-11-12(15)14(6-8-17-11)9-10-3-2-7-16-10/h10-11H,1-9,13H2. The monoisotopic (exact) mass is 242 g/mol. The molecule has 2 heterocycles. The van der Waals surface area contributed by atoms with E-state index in [-0.39, 0.29) is 18.1 Å². The first-order valence-corrected chi connectivity index (χ1v) is 6.53. The van der Waals surface area contributed by atoms with Gasteiger partial charge >= 0.3 is 0 Å². The highest BCUT2D eigenvalue weighted by molar-refractivity contribution is 5.81. The Kier molecular flexibility index (Phi) is 4.76. The Balaban J connectivity index is 1.82. The summed E-state index contributed by atoms with van der Waals surface area (Å²) in [5, 5.41) is 0. The highest BCUT2D eigenvalue weighted by Gasteiger charge is 2.31. The maximum absolute atomic E-state index is 12.1. The Bertz CT molecular complexity index is 254. The van der Waals surface area contributed by atoms with Crippen LogP contribution in [0.4, 0.5) is 0 Å². The molecule has 0 aromatic carbocycles. The zero-order valence-electron chi connectivity index (χ0n) is 10.3. The van der Waals surface area contributed by atoms with Gasteiger partial charge in [0.1, 0.15) is 6.10 Å². The minimum Gasteiger partial charge on any atom is -0.376 e. The summed E-state index contributed by atoms with van der Waals surface area (Å²) in [6, 6.07) is 0. The van der Waals surface area contributed by atoms with Crippen molar-refractivity contribution in [2.24, 2.45) is 5.73 Å². The van der Waals surface area contributed by atoms with E-state index >= 15 is 0 Å². The summed E-state index contributed by atoms with van der Waals surface area (Å²) in [5.74, 6) is 0.111. The quantitative estimate of drug-likeness (QED) is 0.744. The second kappa shape index (κ2) is 6.33. The topological polar surface area (TPSA) is 64.8 Å². The van der Waals surface area contributed by atoms with Crippen molar-refractivity contribution in [3.8, 4) is 0 Å². The lowest BCUT2D eigenvalue weighted by Crippen LogP contribution is -2.50. The van der Waals surface area contributed by atoms with Gasteiger partial charge in [0.25, 0.3) is 5.91 Å². The van der Waals surface area contributed by atoms with Crippen LogP contribution in [0.1, 0.15) is 25.7 Å². The van der Waals surface area contributed by atoms with E-state index in [1.54, 1.807) is 0 Å². The molecule has 5 nitrogen and oxygen atoms in total. The fourth-order valence-electron chi connectivity index (χ4n) is 2.42. The number of rotatable bonds is 5. The number of amides is 1. The van der Waals surface area contributed by atoms with Crippen molar-refractivity contribution in [1.29, 1.82) is 0 Å². The van der Waals surface area contributed by atoms with Crippen LogP contribution in [0.5, 0.6) is 0 Å². The van der Waals surface area contributed by atoms with Crippen LogP contribution in [0.15, 0.2) is 0 Å². The van der Waals surface area contributed by atoms with Gasteiger partial charge in [0.2, 0.25) is 0 Å². The van der Waals surface area contributed by atoms with Gasteiger partial charge < -0.3 is 20.1 Å². The van der Waals surface area contributed by atoms with Crippen LogP contribution >= 0.6 is 0 Å². The van der Waals surface area contributed by atoms with Gasteiger partial charge in [-0.3, -0.25) is 4.79 Å². The molecular weight excluding hydrogens is 220 g/mol. The molecule has 0 aromatic heterocycles. The van der Waals surface area contributed by atoms with Gasteiger partial charge in [0.05, 0.1) is 12.7 Å². The number of hydrogen-bond acceptors (Lipinski definition) is 4. The molecule has 0 aromatic rings. The number of ether oxygens (including phenoxy) is 2.